The molecule has 1 amide bonds. The zero-order chi connectivity index (χ0) is 14.5. The monoisotopic (exact) mass is 275 g/mol. The summed E-state index contributed by atoms with van der Waals surface area (Å²) in [4.78, 5) is 13.8. The number of benzene rings is 1. The van der Waals surface area contributed by atoms with Crippen molar-refractivity contribution in [2.75, 3.05) is 25.6 Å². The van der Waals surface area contributed by atoms with Gasteiger partial charge in [-0.15, -0.1) is 5.10 Å². The van der Waals surface area contributed by atoms with Crippen molar-refractivity contribution in [1.82, 2.24) is 15.0 Å². The van der Waals surface area contributed by atoms with Crippen molar-refractivity contribution in [2.24, 2.45) is 5.73 Å². The first-order valence-corrected chi connectivity index (χ1v) is 6.18. The maximum atomic E-state index is 12.3. The molecule has 0 aliphatic heterocycles. The number of methoxy groups -OCH3 is 1. The molecule has 0 aliphatic carbocycles. The van der Waals surface area contributed by atoms with Crippen molar-refractivity contribution < 1.29 is 9.53 Å². The molecular weight excluding hydrogens is 258 g/mol. The van der Waals surface area contributed by atoms with E-state index in [0.717, 1.165) is 5.69 Å². The molecule has 2 rings (SSSR count). The highest BCUT2D eigenvalue weighted by Gasteiger charge is 2.17. The van der Waals surface area contributed by atoms with Gasteiger partial charge in [0.25, 0.3) is 5.91 Å². The summed E-state index contributed by atoms with van der Waals surface area (Å²) in [5.41, 5.74) is 6.44. The van der Waals surface area contributed by atoms with Crippen LogP contribution in [-0.2, 0) is 6.54 Å². The fourth-order valence-electron chi connectivity index (χ4n) is 1.75. The maximum absolute atomic E-state index is 12.3. The van der Waals surface area contributed by atoms with Gasteiger partial charge in [0.1, 0.15) is 5.75 Å². The number of nitrogens with zero attached hydrogens (tertiary/aromatic N) is 4. The molecule has 7 heteroatoms. The molecular formula is C13H17N5O2. The molecule has 106 valence electrons. The minimum atomic E-state index is -0.235. The molecule has 20 heavy (non-hydrogen) atoms. The van der Waals surface area contributed by atoms with E-state index in [9.17, 15) is 4.79 Å². The Morgan fingerprint density at radius 1 is 1.50 bits per heavy atom. The van der Waals surface area contributed by atoms with Gasteiger partial charge in [-0.2, -0.15) is 0 Å². The van der Waals surface area contributed by atoms with E-state index in [1.54, 1.807) is 31.1 Å². The fraction of sp³-hybridized carbons (Fsp3) is 0.308. The minimum absolute atomic E-state index is 0.235. The Morgan fingerprint density at radius 2 is 2.30 bits per heavy atom. The highest BCUT2D eigenvalue weighted by molar-refractivity contribution is 6.04. The summed E-state index contributed by atoms with van der Waals surface area (Å²) in [5, 5.41) is 7.71. The summed E-state index contributed by atoms with van der Waals surface area (Å²) in [6.45, 7) is 0.978. The van der Waals surface area contributed by atoms with Crippen LogP contribution < -0.4 is 15.4 Å². The van der Waals surface area contributed by atoms with E-state index < -0.39 is 0 Å². The van der Waals surface area contributed by atoms with E-state index in [4.69, 9.17) is 10.5 Å². The number of amides is 1. The molecule has 2 aromatic rings. The van der Waals surface area contributed by atoms with Crippen LogP contribution in [0.25, 0.3) is 0 Å². The second-order valence-corrected chi connectivity index (χ2v) is 4.22. The molecule has 0 saturated carbocycles. The molecule has 0 bridgehead atoms. The van der Waals surface area contributed by atoms with Gasteiger partial charge in [-0.1, -0.05) is 11.3 Å². The Labute approximate surface area is 116 Å². The molecule has 0 fully saturated rings. The standard InChI is InChI=1S/C13H17N5O2/c1-17(10-4-3-5-11(8-10)20-2)13(19)12-9-18(7-6-14)16-15-12/h3-5,8-9H,6-7,14H2,1-2H3. The minimum Gasteiger partial charge on any atom is -0.497 e. The molecule has 1 heterocycles. The van der Waals surface area contributed by atoms with Gasteiger partial charge in [0.2, 0.25) is 0 Å². The number of carbonyl (C=O) groups is 1. The summed E-state index contributed by atoms with van der Waals surface area (Å²) in [7, 11) is 3.26. The van der Waals surface area contributed by atoms with Crippen LogP contribution >= 0.6 is 0 Å². The zero-order valence-electron chi connectivity index (χ0n) is 11.5. The number of hydrogen-bond acceptors (Lipinski definition) is 5. The van der Waals surface area contributed by atoms with Crippen molar-refractivity contribution in [2.45, 2.75) is 6.54 Å². The maximum Gasteiger partial charge on any atom is 0.280 e. The normalized spacial score (nSPS) is 10.3. The Kier molecular flexibility index (Phi) is 4.31. The summed E-state index contributed by atoms with van der Waals surface area (Å²) in [6, 6.07) is 7.25. The molecule has 0 radical (unpaired) electrons. The zero-order valence-corrected chi connectivity index (χ0v) is 11.5. The van der Waals surface area contributed by atoms with E-state index in [-0.39, 0.29) is 11.6 Å². The summed E-state index contributed by atoms with van der Waals surface area (Å²) < 4.78 is 6.69. The number of anilines is 1. The third-order valence-electron chi connectivity index (χ3n) is 2.86. The predicted molar refractivity (Wildman–Crippen MR) is 74.8 cm³/mol. The van der Waals surface area contributed by atoms with Gasteiger partial charge in [-0.25, -0.2) is 0 Å². The van der Waals surface area contributed by atoms with Crippen molar-refractivity contribution >= 4 is 11.6 Å². The largest absolute Gasteiger partial charge is 0.497 e. The van der Waals surface area contributed by atoms with Gasteiger partial charge in [0.15, 0.2) is 5.69 Å². The average molecular weight is 275 g/mol. The molecule has 0 aliphatic rings. The molecule has 1 aromatic carbocycles. The summed E-state index contributed by atoms with van der Waals surface area (Å²) in [5.74, 6) is 0.454. The second-order valence-electron chi connectivity index (χ2n) is 4.22. The topological polar surface area (TPSA) is 86.3 Å². The van der Waals surface area contributed by atoms with E-state index in [1.165, 1.54) is 4.90 Å². The molecule has 0 spiro atoms. The van der Waals surface area contributed by atoms with E-state index in [0.29, 0.717) is 18.8 Å². The third-order valence-corrected chi connectivity index (χ3v) is 2.86. The number of nitrogens with two attached hydrogens (primary N) is 1. The van der Waals surface area contributed by atoms with Crippen LogP contribution in [0.2, 0.25) is 0 Å². The lowest BCUT2D eigenvalue weighted by Crippen LogP contribution is -2.26. The first-order valence-electron chi connectivity index (χ1n) is 6.18. The molecule has 0 atom stereocenters. The van der Waals surface area contributed by atoms with Crippen LogP contribution in [0.4, 0.5) is 5.69 Å². The first-order chi connectivity index (χ1) is 9.65. The quantitative estimate of drug-likeness (QED) is 0.859. The van der Waals surface area contributed by atoms with Crippen molar-refractivity contribution in [3.8, 4) is 5.75 Å². The highest BCUT2D eigenvalue weighted by Crippen LogP contribution is 2.20. The summed E-state index contributed by atoms with van der Waals surface area (Å²) >= 11 is 0. The lowest BCUT2D eigenvalue weighted by molar-refractivity contribution is 0.0988. The molecule has 2 N–H and O–H groups in total. The second kappa shape index (κ2) is 6.16. The van der Waals surface area contributed by atoms with E-state index >= 15 is 0 Å². The number of ether oxygens (including phenoxy) is 1. The van der Waals surface area contributed by atoms with Crippen LogP contribution in [0.1, 0.15) is 10.5 Å². The number of aromatic nitrogens is 3. The first kappa shape index (κ1) is 14.0. The predicted octanol–water partition coefficient (Wildman–Crippen LogP) is 0.522. The lowest BCUT2D eigenvalue weighted by Gasteiger charge is -2.16. The molecule has 0 unspecified atom stereocenters. The Bertz CT molecular complexity index is 596. The smallest absolute Gasteiger partial charge is 0.280 e. The van der Waals surface area contributed by atoms with Crippen LogP contribution in [0, 0.1) is 0 Å². The Balaban J connectivity index is 2.18. The molecule has 0 saturated heterocycles. The van der Waals surface area contributed by atoms with Crippen LogP contribution in [-0.4, -0.2) is 41.6 Å². The van der Waals surface area contributed by atoms with Gasteiger partial charge in [0.05, 0.1) is 19.9 Å². The molecule has 7 nitrogen and oxygen atoms in total. The average Bonchev–Trinajstić information content (AvgIpc) is 2.95. The Morgan fingerprint density at radius 3 is 3.00 bits per heavy atom. The fourth-order valence-corrected chi connectivity index (χ4v) is 1.75. The van der Waals surface area contributed by atoms with Gasteiger partial charge in [0, 0.05) is 25.3 Å². The van der Waals surface area contributed by atoms with E-state index in [2.05, 4.69) is 10.3 Å². The highest BCUT2D eigenvalue weighted by atomic mass is 16.5. The SMILES string of the molecule is COc1cccc(N(C)C(=O)c2cn(CCN)nn2)c1. The van der Waals surface area contributed by atoms with Crippen molar-refractivity contribution in [3.05, 3.63) is 36.2 Å². The van der Waals surface area contributed by atoms with Crippen molar-refractivity contribution in [1.29, 1.82) is 0 Å². The number of rotatable bonds is 5. The Hall–Kier alpha value is -2.41. The van der Waals surface area contributed by atoms with Crippen LogP contribution in [0.5, 0.6) is 5.75 Å². The number of hydrogen-bond donors (Lipinski definition) is 1. The van der Waals surface area contributed by atoms with Gasteiger partial charge < -0.3 is 15.4 Å². The van der Waals surface area contributed by atoms with Gasteiger partial charge >= 0.3 is 0 Å². The lowest BCUT2D eigenvalue weighted by atomic mass is 10.2. The third kappa shape index (κ3) is 2.94. The number of carbonyl (C=O) groups excluding carboxylic acids is 1. The van der Waals surface area contributed by atoms with E-state index in [1.807, 2.05) is 18.2 Å². The molecule has 1 aromatic heterocycles. The van der Waals surface area contributed by atoms with Crippen LogP contribution in [0.15, 0.2) is 30.5 Å². The van der Waals surface area contributed by atoms with Crippen LogP contribution in [0.3, 0.4) is 0 Å². The van der Waals surface area contributed by atoms with Gasteiger partial charge in [-0.05, 0) is 12.1 Å². The van der Waals surface area contributed by atoms with Gasteiger partial charge in [-0.3, -0.25) is 9.48 Å². The summed E-state index contributed by atoms with van der Waals surface area (Å²) in [6.07, 6.45) is 1.59. The van der Waals surface area contributed by atoms with Crippen molar-refractivity contribution in [3.63, 3.8) is 0 Å².